The zero-order valence-corrected chi connectivity index (χ0v) is 19.9. The number of ether oxygens (including phenoxy) is 1. The van der Waals surface area contributed by atoms with Crippen LogP contribution in [-0.2, 0) is 11.2 Å². The van der Waals surface area contributed by atoms with Crippen molar-refractivity contribution in [3.8, 4) is 11.4 Å². The van der Waals surface area contributed by atoms with Crippen LogP contribution in [0, 0.1) is 6.92 Å². The molecule has 1 heterocycles. The molecule has 35 heavy (non-hydrogen) atoms. The van der Waals surface area contributed by atoms with Gasteiger partial charge in [0.2, 0.25) is 5.91 Å². The van der Waals surface area contributed by atoms with Gasteiger partial charge in [0.05, 0.1) is 22.3 Å². The maximum absolute atomic E-state index is 13.3. The summed E-state index contributed by atoms with van der Waals surface area (Å²) in [5.74, 6) is -0.229. The number of fused-ring (bicyclic) bond motifs is 1. The number of rotatable bonds is 8. The lowest BCUT2D eigenvalue weighted by Gasteiger charge is -2.15. The fourth-order valence-corrected chi connectivity index (χ4v) is 4.53. The van der Waals surface area contributed by atoms with Crippen LogP contribution in [0.3, 0.4) is 0 Å². The van der Waals surface area contributed by atoms with Crippen molar-refractivity contribution in [2.75, 3.05) is 11.1 Å². The molecule has 1 aromatic heterocycles. The number of hydrogen-bond donors (Lipinski definition) is 1. The summed E-state index contributed by atoms with van der Waals surface area (Å²) in [6.07, 6.45) is 0.779. The molecule has 6 nitrogen and oxygen atoms in total. The number of benzene rings is 3. The average Bonchev–Trinajstić information content (AvgIpc) is 2.84. The van der Waals surface area contributed by atoms with Crippen LogP contribution in [0.15, 0.2) is 76.7 Å². The minimum atomic E-state index is -2.95. The zero-order valence-electron chi connectivity index (χ0n) is 19.1. The fourth-order valence-electron chi connectivity index (χ4n) is 3.72. The average molecular weight is 496 g/mol. The quantitative estimate of drug-likeness (QED) is 0.255. The molecule has 0 spiro atoms. The number of carbonyl (C=O) groups is 1. The van der Waals surface area contributed by atoms with Gasteiger partial charge in [-0.15, -0.1) is 0 Å². The molecule has 0 aliphatic carbocycles. The Hall–Kier alpha value is -3.72. The van der Waals surface area contributed by atoms with Crippen LogP contribution in [0.2, 0.25) is 0 Å². The molecule has 1 N–H and O–H groups in total. The second-order valence-electron chi connectivity index (χ2n) is 7.72. The first-order valence-electron chi connectivity index (χ1n) is 11.0. The Morgan fingerprint density at radius 3 is 2.54 bits per heavy atom. The number of hydrogen-bond acceptors (Lipinski definition) is 5. The molecule has 0 saturated carbocycles. The third kappa shape index (κ3) is 5.51. The Morgan fingerprint density at radius 2 is 1.83 bits per heavy atom. The van der Waals surface area contributed by atoms with Crippen LogP contribution in [0.4, 0.5) is 14.5 Å². The Balaban J connectivity index is 1.65. The number of anilines is 1. The third-order valence-corrected chi connectivity index (χ3v) is 6.34. The molecule has 4 aromatic rings. The molecule has 0 unspecified atom stereocenters. The Kier molecular flexibility index (Phi) is 7.45. The highest BCUT2D eigenvalue weighted by Gasteiger charge is 2.16. The molecule has 0 fully saturated rings. The van der Waals surface area contributed by atoms with Crippen molar-refractivity contribution in [1.29, 1.82) is 0 Å². The van der Waals surface area contributed by atoms with Gasteiger partial charge in [0.1, 0.15) is 5.75 Å². The van der Waals surface area contributed by atoms with Gasteiger partial charge in [-0.2, -0.15) is 8.78 Å². The van der Waals surface area contributed by atoms with E-state index in [2.05, 4.69) is 15.0 Å². The van der Waals surface area contributed by atoms with Gasteiger partial charge >= 0.3 is 6.61 Å². The van der Waals surface area contributed by atoms with E-state index in [9.17, 15) is 18.4 Å². The lowest BCUT2D eigenvalue weighted by molar-refractivity contribution is -0.113. The van der Waals surface area contributed by atoms with Crippen LogP contribution >= 0.6 is 11.8 Å². The first-order chi connectivity index (χ1) is 16.9. The molecule has 0 bridgehead atoms. The lowest BCUT2D eigenvalue weighted by Crippen LogP contribution is -2.23. The van der Waals surface area contributed by atoms with E-state index in [1.165, 1.54) is 28.8 Å². The number of alkyl halides is 2. The number of amides is 1. The molecule has 0 radical (unpaired) electrons. The standard InChI is InChI=1S/C26H23F2N3O3S/c1-3-17-8-6-7-16(2)23(17)30-22(32)15-35-26-29-21-10-5-4-9-20(21)24(33)31(26)18-11-13-19(14-12-18)34-25(27)28/h4-14,25H,3,15H2,1-2H3,(H,30,32). The first-order valence-corrected chi connectivity index (χ1v) is 11.9. The summed E-state index contributed by atoms with van der Waals surface area (Å²) in [7, 11) is 0. The van der Waals surface area contributed by atoms with Crippen molar-refractivity contribution < 1.29 is 18.3 Å². The van der Waals surface area contributed by atoms with E-state index in [1.54, 1.807) is 24.3 Å². The molecule has 4 rings (SSSR count). The zero-order chi connectivity index (χ0) is 24.9. The van der Waals surface area contributed by atoms with Gasteiger partial charge in [0.25, 0.3) is 5.56 Å². The van der Waals surface area contributed by atoms with Gasteiger partial charge in [0.15, 0.2) is 5.16 Å². The van der Waals surface area contributed by atoms with Gasteiger partial charge in [-0.05, 0) is 60.9 Å². The summed E-state index contributed by atoms with van der Waals surface area (Å²) in [6, 6.07) is 18.5. The normalized spacial score (nSPS) is 11.1. The molecular formula is C26H23F2N3O3S. The van der Waals surface area contributed by atoms with Gasteiger partial charge < -0.3 is 10.1 Å². The van der Waals surface area contributed by atoms with Crippen molar-refractivity contribution in [1.82, 2.24) is 9.55 Å². The van der Waals surface area contributed by atoms with Crippen LogP contribution < -0.4 is 15.6 Å². The largest absolute Gasteiger partial charge is 0.435 e. The van der Waals surface area contributed by atoms with E-state index in [4.69, 9.17) is 0 Å². The van der Waals surface area contributed by atoms with Crippen LogP contribution in [0.5, 0.6) is 5.75 Å². The summed E-state index contributed by atoms with van der Waals surface area (Å²) in [5, 5.41) is 3.69. The van der Waals surface area contributed by atoms with E-state index in [0.717, 1.165) is 35.0 Å². The lowest BCUT2D eigenvalue weighted by atomic mass is 10.1. The molecule has 0 saturated heterocycles. The van der Waals surface area contributed by atoms with E-state index in [1.807, 2.05) is 32.0 Å². The van der Waals surface area contributed by atoms with Gasteiger partial charge in [-0.1, -0.05) is 49.0 Å². The van der Waals surface area contributed by atoms with Crippen molar-refractivity contribution >= 4 is 34.3 Å². The van der Waals surface area contributed by atoms with Crippen molar-refractivity contribution in [2.45, 2.75) is 32.0 Å². The number of carbonyl (C=O) groups excluding carboxylic acids is 1. The predicted molar refractivity (Wildman–Crippen MR) is 134 cm³/mol. The first kappa shape index (κ1) is 24.4. The van der Waals surface area contributed by atoms with Gasteiger partial charge in [-0.3, -0.25) is 14.2 Å². The van der Waals surface area contributed by atoms with Crippen LogP contribution in [0.1, 0.15) is 18.1 Å². The number of aryl methyl sites for hydroxylation is 2. The molecule has 180 valence electrons. The van der Waals surface area contributed by atoms with Crippen LogP contribution in [0.25, 0.3) is 16.6 Å². The van der Waals surface area contributed by atoms with E-state index >= 15 is 0 Å². The highest BCUT2D eigenvalue weighted by Crippen LogP contribution is 2.25. The molecule has 0 atom stereocenters. The minimum Gasteiger partial charge on any atom is -0.435 e. The minimum absolute atomic E-state index is 0.0227. The summed E-state index contributed by atoms with van der Waals surface area (Å²) >= 11 is 1.12. The van der Waals surface area contributed by atoms with Crippen molar-refractivity contribution in [2.24, 2.45) is 0 Å². The summed E-state index contributed by atoms with van der Waals surface area (Å²) < 4.78 is 30.8. The maximum Gasteiger partial charge on any atom is 0.387 e. The number of nitrogens with zero attached hydrogens (tertiary/aromatic N) is 2. The molecule has 0 aliphatic rings. The number of nitrogens with one attached hydrogen (secondary N) is 1. The summed E-state index contributed by atoms with van der Waals surface area (Å²) in [4.78, 5) is 30.8. The monoisotopic (exact) mass is 495 g/mol. The molecule has 0 aliphatic heterocycles. The fraction of sp³-hybridized carbons (Fsp3) is 0.192. The highest BCUT2D eigenvalue weighted by atomic mass is 32.2. The number of aromatic nitrogens is 2. The highest BCUT2D eigenvalue weighted by molar-refractivity contribution is 7.99. The number of para-hydroxylation sites is 2. The Bertz CT molecular complexity index is 1420. The van der Waals surface area contributed by atoms with E-state index in [-0.39, 0.29) is 23.0 Å². The summed E-state index contributed by atoms with van der Waals surface area (Å²) in [6.45, 7) is 1.01. The molecule has 1 amide bonds. The SMILES string of the molecule is CCc1cccc(C)c1NC(=O)CSc1nc2ccccc2c(=O)n1-c1ccc(OC(F)F)cc1. The molecule has 9 heteroatoms. The second kappa shape index (κ2) is 10.7. The number of thioether (sulfide) groups is 1. The topological polar surface area (TPSA) is 73.2 Å². The van der Waals surface area contributed by atoms with E-state index < -0.39 is 6.61 Å². The maximum atomic E-state index is 13.3. The van der Waals surface area contributed by atoms with Gasteiger partial charge in [-0.25, -0.2) is 4.98 Å². The predicted octanol–water partition coefficient (Wildman–Crippen LogP) is 5.59. The van der Waals surface area contributed by atoms with Gasteiger partial charge in [0, 0.05) is 5.69 Å². The van der Waals surface area contributed by atoms with Crippen molar-refractivity contribution in [3.05, 3.63) is 88.2 Å². The summed E-state index contributed by atoms with van der Waals surface area (Å²) in [5.41, 5.74) is 3.39. The van der Waals surface area contributed by atoms with E-state index in [0.29, 0.717) is 21.7 Å². The third-order valence-electron chi connectivity index (χ3n) is 5.40. The second-order valence-corrected chi connectivity index (χ2v) is 8.67. The van der Waals surface area contributed by atoms with Crippen LogP contribution in [-0.4, -0.2) is 27.8 Å². The molecule has 3 aromatic carbocycles. The van der Waals surface area contributed by atoms with Crippen molar-refractivity contribution in [3.63, 3.8) is 0 Å². The Labute approximate surface area is 205 Å². The number of halogens is 2. The smallest absolute Gasteiger partial charge is 0.387 e. The molecular weight excluding hydrogens is 472 g/mol. The Morgan fingerprint density at radius 1 is 1.09 bits per heavy atom.